The highest BCUT2D eigenvalue weighted by Gasteiger charge is 2.29. The zero-order valence-corrected chi connectivity index (χ0v) is 13.2. The normalized spacial score (nSPS) is 27.0. The maximum Gasteiger partial charge on any atom is 0.159 e. The van der Waals surface area contributed by atoms with Crippen molar-refractivity contribution in [2.45, 2.75) is 39.2 Å². The number of carbonyl (C=O) groups is 1. The molecule has 1 aromatic rings. The maximum atomic E-state index is 11.3. The van der Waals surface area contributed by atoms with Gasteiger partial charge in [0.25, 0.3) is 0 Å². The fourth-order valence-corrected chi connectivity index (χ4v) is 3.76. The Morgan fingerprint density at radius 3 is 2.24 bits per heavy atom. The average Bonchev–Trinajstić information content (AvgIpc) is 2.94. The molecule has 1 saturated heterocycles. The van der Waals surface area contributed by atoms with E-state index in [1.54, 1.807) is 6.92 Å². The van der Waals surface area contributed by atoms with E-state index in [0.29, 0.717) is 0 Å². The Kier molecular flexibility index (Phi) is 4.29. The molecule has 1 aliphatic heterocycles. The molecule has 3 heteroatoms. The van der Waals surface area contributed by atoms with Crippen LogP contribution in [0.2, 0.25) is 0 Å². The first kappa shape index (κ1) is 14.6. The number of rotatable bonds is 3. The summed E-state index contributed by atoms with van der Waals surface area (Å²) in [5.74, 6) is 1.05. The van der Waals surface area contributed by atoms with Crippen LogP contribution in [0.5, 0.6) is 0 Å². The number of hydrogen-bond donors (Lipinski definition) is 0. The van der Waals surface area contributed by atoms with Crippen LogP contribution in [0.25, 0.3) is 0 Å². The summed E-state index contributed by atoms with van der Waals surface area (Å²) >= 11 is 0. The number of carbonyl (C=O) groups excluding carboxylic acids is 1. The van der Waals surface area contributed by atoms with Gasteiger partial charge in [0.1, 0.15) is 0 Å². The largest absolute Gasteiger partial charge is 0.369 e. The standard InChI is InChI=1S/C18H26N2O/c1-14-3-6-18(13-14)20-11-9-19(10-12-20)17-7-4-16(5-8-17)15(2)21/h4-5,7-8,14,18H,3,6,9-13H2,1-2H3. The van der Waals surface area contributed by atoms with E-state index in [4.69, 9.17) is 0 Å². The van der Waals surface area contributed by atoms with Crippen LogP contribution in [-0.2, 0) is 0 Å². The van der Waals surface area contributed by atoms with Crippen molar-refractivity contribution in [2.24, 2.45) is 5.92 Å². The summed E-state index contributed by atoms with van der Waals surface area (Å²) in [7, 11) is 0. The zero-order chi connectivity index (χ0) is 14.8. The van der Waals surface area contributed by atoms with Gasteiger partial charge in [0.15, 0.2) is 5.78 Å². The van der Waals surface area contributed by atoms with E-state index >= 15 is 0 Å². The lowest BCUT2D eigenvalue weighted by Crippen LogP contribution is -2.49. The summed E-state index contributed by atoms with van der Waals surface area (Å²) < 4.78 is 0. The molecule has 0 spiro atoms. The molecule has 2 fully saturated rings. The van der Waals surface area contributed by atoms with E-state index < -0.39 is 0 Å². The van der Waals surface area contributed by atoms with Crippen molar-refractivity contribution in [1.82, 2.24) is 4.90 Å². The molecule has 0 bridgehead atoms. The number of benzene rings is 1. The first-order valence-electron chi connectivity index (χ1n) is 8.23. The van der Waals surface area contributed by atoms with E-state index in [0.717, 1.165) is 30.6 Å². The Bertz CT molecular complexity index is 488. The second kappa shape index (κ2) is 6.18. The van der Waals surface area contributed by atoms with Crippen LogP contribution in [0.4, 0.5) is 5.69 Å². The van der Waals surface area contributed by atoms with Crippen LogP contribution >= 0.6 is 0 Å². The molecule has 1 aliphatic carbocycles. The number of Topliss-reactive ketones (excluding diaryl/α,β-unsaturated/α-hetero) is 1. The van der Waals surface area contributed by atoms with Crippen molar-refractivity contribution in [2.75, 3.05) is 31.1 Å². The fraction of sp³-hybridized carbons (Fsp3) is 0.611. The number of anilines is 1. The molecule has 1 heterocycles. The lowest BCUT2D eigenvalue weighted by atomic mass is 10.1. The van der Waals surface area contributed by atoms with E-state index in [9.17, 15) is 4.79 Å². The smallest absolute Gasteiger partial charge is 0.159 e. The predicted octanol–water partition coefficient (Wildman–Crippen LogP) is 3.20. The molecule has 3 nitrogen and oxygen atoms in total. The van der Waals surface area contributed by atoms with Crippen molar-refractivity contribution in [3.63, 3.8) is 0 Å². The van der Waals surface area contributed by atoms with Crippen molar-refractivity contribution in [3.8, 4) is 0 Å². The molecular weight excluding hydrogens is 260 g/mol. The Labute approximate surface area is 127 Å². The predicted molar refractivity (Wildman–Crippen MR) is 87.0 cm³/mol. The van der Waals surface area contributed by atoms with Gasteiger partial charge in [0, 0.05) is 43.5 Å². The minimum absolute atomic E-state index is 0.140. The van der Waals surface area contributed by atoms with E-state index in [1.165, 1.54) is 38.0 Å². The van der Waals surface area contributed by atoms with Crippen molar-refractivity contribution in [1.29, 1.82) is 0 Å². The van der Waals surface area contributed by atoms with Crippen molar-refractivity contribution >= 4 is 11.5 Å². The maximum absolute atomic E-state index is 11.3. The Balaban J connectivity index is 1.56. The number of hydrogen-bond acceptors (Lipinski definition) is 3. The van der Waals surface area contributed by atoms with Gasteiger partial charge in [-0.05, 0) is 56.4 Å². The van der Waals surface area contributed by atoms with Crippen molar-refractivity contribution < 1.29 is 4.79 Å². The Hall–Kier alpha value is -1.35. The second-order valence-electron chi connectivity index (χ2n) is 6.70. The second-order valence-corrected chi connectivity index (χ2v) is 6.70. The molecule has 0 radical (unpaired) electrons. The van der Waals surface area contributed by atoms with Gasteiger partial charge in [-0.15, -0.1) is 0 Å². The van der Waals surface area contributed by atoms with Gasteiger partial charge < -0.3 is 4.90 Å². The Morgan fingerprint density at radius 2 is 1.71 bits per heavy atom. The Morgan fingerprint density at radius 1 is 1.05 bits per heavy atom. The van der Waals surface area contributed by atoms with Crippen LogP contribution in [-0.4, -0.2) is 42.9 Å². The van der Waals surface area contributed by atoms with Gasteiger partial charge >= 0.3 is 0 Å². The van der Waals surface area contributed by atoms with Gasteiger partial charge in [0.2, 0.25) is 0 Å². The summed E-state index contributed by atoms with van der Waals surface area (Å²) in [6, 6.07) is 8.89. The molecule has 3 rings (SSSR count). The lowest BCUT2D eigenvalue weighted by Gasteiger charge is -2.39. The van der Waals surface area contributed by atoms with Crippen molar-refractivity contribution in [3.05, 3.63) is 29.8 Å². The third-order valence-corrected chi connectivity index (χ3v) is 5.14. The molecule has 0 N–H and O–H groups in total. The zero-order valence-electron chi connectivity index (χ0n) is 13.2. The van der Waals surface area contributed by atoms with Crippen LogP contribution < -0.4 is 4.90 Å². The van der Waals surface area contributed by atoms with Crippen LogP contribution in [0.1, 0.15) is 43.5 Å². The van der Waals surface area contributed by atoms with E-state index in [2.05, 4.69) is 28.9 Å². The first-order valence-corrected chi connectivity index (χ1v) is 8.23. The van der Waals surface area contributed by atoms with Gasteiger partial charge in [-0.1, -0.05) is 6.92 Å². The molecule has 114 valence electrons. The highest BCUT2D eigenvalue weighted by Crippen LogP contribution is 2.30. The summed E-state index contributed by atoms with van der Waals surface area (Å²) in [6.45, 7) is 8.55. The highest BCUT2D eigenvalue weighted by atomic mass is 16.1. The topological polar surface area (TPSA) is 23.6 Å². The summed E-state index contributed by atoms with van der Waals surface area (Å²) in [4.78, 5) is 16.5. The molecule has 1 saturated carbocycles. The first-order chi connectivity index (χ1) is 10.1. The summed E-state index contributed by atoms with van der Waals surface area (Å²) in [6.07, 6.45) is 4.17. The van der Waals surface area contributed by atoms with Gasteiger partial charge in [-0.25, -0.2) is 0 Å². The highest BCUT2D eigenvalue weighted by molar-refractivity contribution is 5.94. The van der Waals surface area contributed by atoms with Gasteiger partial charge in [0.05, 0.1) is 0 Å². The molecule has 0 amide bonds. The fourth-order valence-electron chi connectivity index (χ4n) is 3.76. The van der Waals surface area contributed by atoms with Crippen LogP contribution in [0.15, 0.2) is 24.3 Å². The number of ketones is 1. The molecule has 1 aromatic carbocycles. The minimum atomic E-state index is 0.140. The molecular formula is C18H26N2O. The third kappa shape index (κ3) is 3.29. The molecule has 0 aromatic heterocycles. The summed E-state index contributed by atoms with van der Waals surface area (Å²) in [5, 5.41) is 0. The van der Waals surface area contributed by atoms with Crippen LogP contribution in [0, 0.1) is 5.92 Å². The quantitative estimate of drug-likeness (QED) is 0.797. The van der Waals surface area contributed by atoms with Gasteiger partial charge in [-0.2, -0.15) is 0 Å². The molecule has 2 unspecified atom stereocenters. The number of nitrogens with zero attached hydrogens (tertiary/aromatic N) is 2. The van der Waals surface area contributed by atoms with E-state index in [1.807, 2.05) is 12.1 Å². The average molecular weight is 286 g/mol. The molecule has 21 heavy (non-hydrogen) atoms. The lowest BCUT2D eigenvalue weighted by molar-refractivity contribution is 0.101. The van der Waals surface area contributed by atoms with Crippen LogP contribution in [0.3, 0.4) is 0 Å². The van der Waals surface area contributed by atoms with E-state index in [-0.39, 0.29) is 5.78 Å². The van der Waals surface area contributed by atoms with Gasteiger partial charge in [-0.3, -0.25) is 9.69 Å². The molecule has 2 aliphatic rings. The third-order valence-electron chi connectivity index (χ3n) is 5.14. The minimum Gasteiger partial charge on any atom is -0.369 e. The monoisotopic (exact) mass is 286 g/mol. The summed E-state index contributed by atoms with van der Waals surface area (Å²) in [5.41, 5.74) is 2.05. The SMILES string of the molecule is CC(=O)c1ccc(N2CCN(C3CCC(C)C3)CC2)cc1. The number of piperazine rings is 1. The molecule has 2 atom stereocenters.